The van der Waals surface area contributed by atoms with Gasteiger partial charge in [-0.15, -0.1) is 0 Å². The minimum atomic E-state index is -0.588. The average Bonchev–Trinajstić information content (AvgIpc) is 3.50. The molecule has 0 unspecified atom stereocenters. The molecule has 2 N–H and O–H groups in total. The molecule has 0 radical (unpaired) electrons. The van der Waals surface area contributed by atoms with Gasteiger partial charge in [0.05, 0.1) is 5.69 Å². The van der Waals surface area contributed by atoms with E-state index >= 15 is 0 Å². The van der Waals surface area contributed by atoms with Crippen LogP contribution in [0, 0.1) is 12.8 Å². The Bertz CT molecular complexity index is 1170. The van der Waals surface area contributed by atoms with E-state index in [4.69, 9.17) is 0 Å². The van der Waals surface area contributed by atoms with E-state index in [2.05, 4.69) is 15.3 Å². The fraction of sp³-hybridized carbons (Fsp3) is 0.565. The molecule has 4 rings (SSSR count). The van der Waals surface area contributed by atoms with Gasteiger partial charge in [0.25, 0.3) is 11.5 Å². The molecule has 2 aromatic rings. The summed E-state index contributed by atoms with van der Waals surface area (Å²) in [5.41, 5.74) is 0.617. The maximum absolute atomic E-state index is 13.4. The first-order valence-electron chi connectivity index (χ1n) is 11.5. The molecular weight excluding hydrogens is 424 g/mol. The maximum Gasteiger partial charge on any atom is 0.270 e. The van der Waals surface area contributed by atoms with Crippen molar-refractivity contribution in [3.63, 3.8) is 0 Å². The molecule has 178 valence electrons. The van der Waals surface area contributed by atoms with Gasteiger partial charge in [0, 0.05) is 50.4 Å². The third kappa shape index (κ3) is 4.66. The van der Waals surface area contributed by atoms with Crippen LogP contribution in [0.15, 0.2) is 10.9 Å². The van der Waals surface area contributed by atoms with E-state index in [0.717, 1.165) is 25.9 Å². The fourth-order valence-electron chi connectivity index (χ4n) is 4.07. The number of carbonyl (C=O) groups is 2. The lowest BCUT2D eigenvalue weighted by atomic mass is 10.1. The molecule has 0 spiro atoms. The zero-order chi connectivity index (χ0) is 23.9. The number of aromatic hydroxyl groups is 1. The highest BCUT2D eigenvalue weighted by Crippen LogP contribution is 2.25. The van der Waals surface area contributed by atoms with Crippen molar-refractivity contribution in [1.29, 1.82) is 0 Å². The van der Waals surface area contributed by atoms with E-state index in [-0.39, 0.29) is 23.4 Å². The third-order valence-electron chi connectivity index (χ3n) is 6.12. The van der Waals surface area contributed by atoms with Crippen LogP contribution in [-0.2, 0) is 11.3 Å². The van der Waals surface area contributed by atoms with Crippen molar-refractivity contribution >= 4 is 23.5 Å². The third-order valence-corrected chi connectivity index (χ3v) is 6.12. The Balaban J connectivity index is 1.77. The van der Waals surface area contributed by atoms with E-state index in [0.29, 0.717) is 36.5 Å². The van der Waals surface area contributed by atoms with Gasteiger partial charge in [-0.05, 0) is 38.8 Å². The van der Waals surface area contributed by atoms with Gasteiger partial charge in [0.15, 0.2) is 5.56 Å². The highest BCUT2D eigenvalue weighted by molar-refractivity contribution is 5.97. The molecule has 1 aliphatic heterocycles. The first-order chi connectivity index (χ1) is 15.7. The van der Waals surface area contributed by atoms with Crippen LogP contribution in [0.2, 0.25) is 0 Å². The van der Waals surface area contributed by atoms with Crippen molar-refractivity contribution in [2.75, 3.05) is 33.2 Å². The summed E-state index contributed by atoms with van der Waals surface area (Å²) in [6.07, 6.45) is 4.88. The molecule has 2 fully saturated rings. The number of hydrogen-bond donors (Lipinski definition) is 2. The van der Waals surface area contributed by atoms with Crippen LogP contribution in [0.25, 0.3) is 11.7 Å². The number of fused-ring (bicyclic) bond motifs is 1. The summed E-state index contributed by atoms with van der Waals surface area (Å²) in [6, 6.07) is 0.0454. The SMILES string of the molecule is Cc1nn2c(O)c(C(=O)NC3CC3)c(=O)n(CC(C)C)c2c1C=CC(=O)N1CCN(C)CC1. The van der Waals surface area contributed by atoms with Crippen LogP contribution in [0.3, 0.4) is 0 Å². The van der Waals surface area contributed by atoms with Crippen molar-refractivity contribution < 1.29 is 14.7 Å². The highest BCUT2D eigenvalue weighted by Gasteiger charge is 2.30. The summed E-state index contributed by atoms with van der Waals surface area (Å²) in [6.45, 7) is 8.99. The summed E-state index contributed by atoms with van der Waals surface area (Å²) >= 11 is 0. The molecule has 2 aliphatic rings. The Morgan fingerprint density at radius 2 is 1.88 bits per heavy atom. The van der Waals surface area contributed by atoms with Crippen LogP contribution >= 0.6 is 0 Å². The van der Waals surface area contributed by atoms with Gasteiger partial charge in [-0.1, -0.05) is 13.8 Å². The molecule has 1 saturated carbocycles. The lowest BCUT2D eigenvalue weighted by Crippen LogP contribution is -2.46. The summed E-state index contributed by atoms with van der Waals surface area (Å²) in [7, 11) is 2.03. The Morgan fingerprint density at radius 1 is 1.21 bits per heavy atom. The second-order valence-electron chi connectivity index (χ2n) is 9.45. The van der Waals surface area contributed by atoms with Crippen molar-refractivity contribution in [3.05, 3.63) is 33.3 Å². The molecule has 1 aliphatic carbocycles. The molecule has 2 aromatic heterocycles. The van der Waals surface area contributed by atoms with Crippen molar-refractivity contribution in [2.45, 2.75) is 46.2 Å². The molecule has 10 nitrogen and oxygen atoms in total. The van der Waals surface area contributed by atoms with E-state index < -0.39 is 17.3 Å². The molecular formula is C23H32N6O4. The Morgan fingerprint density at radius 3 is 2.48 bits per heavy atom. The first-order valence-corrected chi connectivity index (χ1v) is 11.5. The number of rotatable bonds is 6. The molecule has 3 heterocycles. The Labute approximate surface area is 192 Å². The highest BCUT2D eigenvalue weighted by atomic mass is 16.3. The zero-order valence-corrected chi connectivity index (χ0v) is 19.7. The first kappa shape index (κ1) is 23.0. The zero-order valence-electron chi connectivity index (χ0n) is 19.7. The largest absolute Gasteiger partial charge is 0.492 e. The fourth-order valence-corrected chi connectivity index (χ4v) is 4.07. The minimum Gasteiger partial charge on any atom is -0.492 e. The maximum atomic E-state index is 13.4. The smallest absolute Gasteiger partial charge is 0.270 e. The number of aryl methyl sites for hydroxylation is 1. The van der Waals surface area contributed by atoms with E-state index in [1.807, 2.05) is 20.9 Å². The number of nitrogens with zero attached hydrogens (tertiary/aromatic N) is 5. The second kappa shape index (κ2) is 9.01. The van der Waals surface area contributed by atoms with Gasteiger partial charge in [-0.3, -0.25) is 19.0 Å². The molecule has 0 atom stereocenters. The van der Waals surface area contributed by atoms with Gasteiger partial charge >= 0.3 is 0 Å². The van der Waals surface area contributed by atoms with E-state index in [1.165, 1.54) is 15.2 Å². The molecule has 0 bridgehead atoms. The topological polar surface area (TPSA) is 112 Å². The normalized spacial score (nSPS) is 17.4. The number of hydrogen-bond acceptors (Lipinski definition) is 6. The average molecular weight is 457 g/mol. The van der Waals surface area contributed by atoms with Crippen molar-refractivity contribution in [3.8, 4) is 5.88 Å². The number of likely N-dealkylation sites (N-methyl/N-ethyl adjacent to an activating group) is 1. The Hall–Kier alpha value is -3.14. The second-order valence-corrected chi connectivity index (χ2v) is 9.45. The number of aromatic nitrogens is 3. The molecule has 33 heavy (non-hydrogen) atoms. The summed E-state index contributed by atoms with van der Waals surface area (Å²) in [4.78, 5) is 42.8. The summed E-state index contributed by atoms with van der Waals surface area (Å²) < 4.78 is 2.72. The predicted molar refractivity (Wildman–Crippen MR) is 124 cm³/mol. The number of nitrogens with one attached hydrogen (secondary N) is 1. The number of amides is 2. The lowest BCUT2D eigenvalue weighted by Gasteiger charge is -2.31. The number of piperazine rings is 1. The summed E-state index contributed by atoms with van der Waals surface area (Å²) in [5.74, 6) is -1.07. The van der Waals surface area contributed by atoms with Crippen LogP contribution < -0.4 is 10.9 Å². The van der Waals surface area contributed by atoms with Crippen LogP contribution in [0.4, 0.5) is 0 Å². The van der Waals surface area contributed by atoms with Crippen LogP contribution in [0.5, 0.6) is 5.88 Å². The standard InChI is InChI=1S/C23H32N6O4/c1-14(2)13-28-21-17(7-8-18(30)27-11-9-26(4)10-12-27)15(3)25-29(21)23(33)19(22(28)32)20(31)24-16-5-6-16/h7-8,14,16,33H,5-6,9-13H2,1-4H3,(H,24,31). The lowest BCUT2D eigenvalue weighted by molar-refractivity contribution is -0.127. The van der Waals surface area contributed by atoms with Crippen molar-refractivity contribution in [1.82, 2.24) is 29.3 Å². The van der Waals surface area contributed by atoms with Crippen molar-refractivity contribution in [2.24, 2.45) is 5.92 Å². The van der Waals surface area contributed by atoms with Crippen LogP contribution in [0.1, 0.15) is 48.3 Å². The molecule has 0 aromatic carbocycles. The van der Waals surface area contributed by atoms with Gasteiger partial charge in [0.2, 0.25) is 11.8 Å². The van der Waals surface area contributed by atoms with Gasteiger partial charge in [-0.2, -0.15) is 9.61 Å². The van der Waals surface area contributed by atoms with Gasteiger partial charge in [-0.25, -0.2) is 0 Å². The van der Waals surface area contributed by atoms with Crippen LogP contribution in [-0.4, -0.2) is 80.2 Å². The van der Waals surface area contributed by atoms with Gasteiger partial charge < -0.3 is 20.2 Å². The summed E-state index contributed by atoms with van der Waals surface area (Å²) in [5, 5.41) is 18.0. The monoisotopic (exact) mass is 456 g/mol. The molecule has 2 amide bonds. The predicted octanol–water partition coefficient (Wildman–Crippen LogP) is 0.845. The van der Waals surface area contributed by atoms with Gasteiger partial charge in [0.1, 0.15) is 5.65 Å². The van der Waals surface area contributed by atoms with E-state index in [1.54, 1.807) is 17.9 Å². The molecule has 10 heteroatoms. The Kier molecular flexibility index (Phi) is 6.29. The van der Waals surface area contributed by atoms with E-state index in [9.17, 15) is 19.5 Å². The number of carbonyl (C=O) groups excluding carboxylic acids is 2. The molecule has 1 saturated heterocycles. The minimum absolute atomic E-state index is 0.0454. The quantitative estimate of drug-likeness (QED) is 0.623.